The van der Waals surface area contributed by atoms with Gasteiger partial charge in [-0.2, -0.15) is 0 Å². The maximum atomic E-state index is 12.7. The van der Waals surface area contributed by atoms with E-state index in [2.05, 4.69) is 0 Å². The van der Waals surface area contributed by atoms with Gasteiger partial charge in [0.25, 0.3) is 0 Å². The Balaban J connectivity index is 1.67. The maximum Gasteiger partial charge on any atom is 0.226 e. The van der Waals surface area contributed by atoms with E-state index in [-0.39, 0.29) is 23.5 Å². The van der Waals surface area contributed by atoms with Crippen molar-refractivity contribution in [2.24, 2.45) is 5.92 Å². The summed E-state index contributed by atoms with van der Waals surface area (Å²) in [4.78, 5) is 39.7. The molecule has 2 aliphatic rings. The minimum absolute atomic E-state index is 0.0473. The van der Waals surface area contributed by atoms with Crippen molar-refractivity contribution in [3.8, 4) is 0 Å². The Morgan fingerprint density at radius 1 is 1.00 bits per heavy atom. The van der Waals surface area contributed by atoms with Crippen LogP contribution in [0.25, 0.3) is 0 Å². The lowest BCUT2D eigenvalue weighted by Crippen LogP contribution is -2.52. The van der Waals surface area contributed by atoms with E-state index in [0.717, 1.165) is 11.1 Å². The molecule has 3 rings (SSSR count). The fourth-order valence-corrected chi connectivity index (χ4v) is 3.32. The van der Waals surface area contributed by atoms with Crippen LogP contribution < -0.4 is 0 Å². The number of piperazine rings is 1. The van der Waals surface area contributed by atoms with E-state index in [1.807, 2.05) is 24.3 Å². The van der Waals surface area contributed by atoms with E-state index < -0.39 is 0 Å². The van der Waals surface area contributed by atoms with Gasteiger partial charge in [0.15, 0.2) is 5.78 Å². The van der Waals surface area contributed by atoms with Crippen LogP contribution in [0.3, 0.4) is 0 Å². The normalized spacial score (nSPS) is 21.5. The minimum atomic E-state index is -0.258. The zero-order valence-electron chi connectivity index (χ0n) is 12.7. The van der Waals surface area contributed by atoms with Gasteiger partial charge in [-0.05, 0) is 12.0 Å². The van der Waals surface area contributed by atoms with Crippen LogP contribution in [0.2, 0.25) is 0 Å². The zero-order valence-corrected chi connectivity index (χ0v) is 12.7. The minimum Gasteiger partial charge on any atom is -0.339 e. The highest BCUT2D eigenvalue weighted by atomic mass is 16.2. The SMILES string of the molecule is CC(=O)N1CCN(C(=O)C2CC(=O)c3ccccc3C2)CC1. The quantitative estimate of drug-likeness (QED) is 0.781. The van der Waals surface area contributed by atoms with Gasteiger partial charge in [-0.1, -0.05) is 24.3 Å². The molecular formula is C17H20N2O3. The van der Waals surface area contributed by atoms with Crippen molar-refractivity contribution in [2.75, 3.05) is 26.2 Å². The number of nitrogens with zero attached hydrogens (tertiary/aromatic N) is 2. The summed E-state index contributed by atoms with van der Waals surface area (Å²) < 4.78 is 0. The molecule has 116 valence electrons. The summed E-state index contributed by atoms with van der Waals surface area (Å²) >= 11 is 0. The average molecular weight is 300 g/mol. The molecule has 2 amide bonds. The van der Waals surface area contributed by atoms with Gasteiger partial charge in [0.1, 0.15) is 0 Å². The third-order valence-corrected chi connectivity index (χ3v) is 4.60. The molecule has 0 aromatic heterocycles. The Labute approximate surface area is 129 Å². The smallest absolute Gasteiger partial charge is 0.226 e. The molecule has 1 fully saturated rings. The van der Waals surface area contributed by atoms with Gasteiger partial charge in [-0.25, -0.2) is 0 Å². The van der Waals surface area contributed by atoms with Gasteiger partial charge in [0.2, 0.25) is 11.8 Å². The van der Waals surface area contributed by atoms with E-state index in [9.17, 15) is 14.4 Å². The van der Waals surface area contributed by atoms with Gasteiger partial charge in [0.05, 0.1) is 0 Å². The van der Waals surface area contributed by atoms with Gasteiger partial charge in [0, 0.05) is 51.0 Å². The topological polar surface area (TPSA) is 57.7 Å². The monoisotopic (exact) mass is 300 g/mol. The fraction of sp³-hybridized carbons (Fsp3) is 0.471. The highest BCUT2D eigenvalue weighted by molar-refractivity contribution is 6.01. The van der Waals surface area contributed by atoms with Crippen LogP contribution in [0.4, 0.5) is 0 Å². The van der Waals surface area contributed by atoms with E-state index >= 15 is 0 Å². The zero-order chi connectivity index (χ0) is 15.7. The number of ketones is 1. The second-order valence-electron chi connectivity index (χ2n) is 6.02. The van der Waals surface area contributed by atoms with Crippen molar-refractivity contribution < 1.29 is 14.4 Å². The van der Waals surface area contributed by atoms with Crippen LogP contribution in [0.15, 0.2) is 24.3 Å². The molecule has 1 aromatic carbocycles. The van der Waals surface area contributed by atoms with E-state index in [1.54, 1.807) is 16.7 Å². The third-order valence-electron chi connectivity index (χ3n) is 4.60. The lowest BCUT2D eigenvalue weighted by molar-refractivity contribution is -0.141. The number of fused-ring (bicyclic) bond motifs is 1. The second kappa shape index (κ2) is 5.91. The van der Waals surface area contributed by atoms with Crippen LogP contribution >= 0.6 is 0 Å². The van der Waals surface area contributed by atoms with Crippen LogP contribution in [0.1, 0.15) is 29.3 Å². The van der Waals surface area contributed by atoms with Gasteiger partial charge in [-0.15, -0.1) is 0 Å². The van der Waals surface area contributed by atoms with Gasteiger partial charge < -0.3 is 9.80 Å². The van der Waals surface area contributed by atoms with E-state index in [1.165, 1.54) is 0 Å². The Bertz CT molecular complexity index is 618. The lowest BCUT2D eigenvalue weighted by Gasteiger charge is -2.36. The van der Waals surface area contributed by atoms with Gasteiger partial charge in [-0.3, -0.25) is 14.4 Å². The summed E-state index contributed by atoms with van der Waals surface area (Å²) in [6.07, 6.45) is 0.927. The van der Waals surface area contributed by atoms with Crippen molar-refractivity contribution in [2.45, 2.75) is 19.8 Å². The summed E-state index contributed by atoms with van der Waals surface area (Å²) in [7, 11) is 0. The van der Waals surface area contributed by atoms with Crippen molar-refractivity contribution in [1.29, 1.82) is 0 Å². The molecular weight excluding hydrogens is 280 g/mol. The molecule has 1 heterocycles. The maximum absolute atomic E-state index is 12.7. The molecule has 1 atom stereocenters. The van der Waals surface area contributed by atoms with Gasteiger partial charge >= 0.3 is 0 Å². The molecule has 22 heavy (non-hydrogen) atoms. The fourth-order valence-electron chi connectivity index (χ4n) is 3.32. The van der Waals surface area contributed by atoms with Crippen molar-refractivity contribution in [1.82, 2.24) is 9.80 Å². The molecule has 5 nitrogen and oxygen atoms in total. The largest absolute Gasteiger partial charge is 0.339 e. The molecule has 0 bridgehead atoms. The molecule has 0 radical (unpaired) electrons. The highest BCUT2D eigenvalue weighted by Crippen LogP contribution is 2.27. The van der Waals surface area contributed by atoms with Crippen molar-refractivity contribution in [3.63, 3.8) is 0 Å². The summed E-state index contributed by atoms with van der Waals surface area (Å²) in [5.74, 6) is -0.103. The highest BCUT2D eigenvalue weighted by Gasteiger charge is 2.33. The summed E-state index contributed by atoms with van der Waals surface area (Å²) in [6.45, 7) is 3.83. The van der Waals surface area contributed by atoms with Crippen LogP contribution in [-0.4, -0.2) is 53.6 Å². The number of amides is 2. The van der Waals surface area contributed by atoms with E-state index in [0.29, 0.717) is 39.0 Å². The van der Waals surface area contributed by atoms with Crippen LogP contribution in [0, 0.1) is 5.92 Å². The predicted octanol–water partition coefficient (Wildman–Crippen LogP) is 1.12. The summed E-state index contributed by atoms with van der Waals surface area (Å²) in [5, 5.41) is 0. The first-order valence-electron chi connectivity index (χ1n) is 7.71. The number of carbonyl (C=O) groups excluding carboxylic acids is 3. The lowest BCUT2D eigenvalue weighted by atomic mass is 9.82. The first-order valence-corrected chi connectivity index (χ1v) is 7.71. The van der Waals surface area contributed by atoms with Crippen molar-refractivity contribution in [3.05, 3.63) is 35.4 Å². The Morgan fingerprint density at radius 3 is 2.32 bits per heavy atom. The number of benzene rings is 1. The Hall–Kier alpha value is -2.17. The molecule has 0 spiro atoms. The number of carbonyl (C=O) groups is 3. The molecule has 0 N–H and O–H groups in total. The standard InChI is InChI=1S/C17H20N2O3/c1-12(20)18-6-8-19(9-7-18)17(22)14-10-13-4-2-3-5-15(13)16(21)11-14/h2-5,14H,6-11H2,1H3. The molecule has 1 unspecified atom stereocenters. The Morgan fingerprint density at radius 2 is 1.64 bits per heavy atom. The molecule has 1 aliphatic carbocycles. The van der Waals surface area contributed by atoms with Crippen molar-refractivity contribution >= 4 is 17.6 Å². The molecule has 1 aliphatic heterocycles. The number of Topliss-reactive ketones (excluding diaryl/α,β-unsaturated/α-hetero) is 1. The number of hydrogen-bond donors (Lipinski definition) is 0. The first kappa shape index (κ1) is 14.8. The molecule has 0 saturated carbocycles. The number of hydrogen-bond acceptors (Lipinski definition) is 3. The predicted molar refractivity (Wildman–Crippen MR) is 81.4 cm³/mol. The molecule has 1 saturated heterocycles. The second-order valence-corrected chi connectivity index (χ2v) is 6.02. The van der Waals surface area contributed by atoms with Crippen LogP contribution in [0.5, 0.6) is 0 Å². The molecule has 5 heteroatoms. The average Bonchev–Trinajstić information content (AvgIpc) is 2.54. The number of rotatable bonds is 1. The summed E-state index contributed by atoms with van der Waals surface area (Å²) in [6, 6.07) is 7.54. The summed E-state index contributed by atoms with van der Waals surface area (Å²) in [5.41, 5.74) is 1.73. The molecule has 1 aromatic rings. The third kappa shape index (κ3) is 2.75. The first-order chi connectivity index (χ1) is 10.6. The Kier molecular flexibility index (Phi) is 3.96. The van der Waals surface area contributed by atoms with Crippen LogP contribution in [-0.2, 0) is 16.0 Å². The van der Waals surface area contributed by atoms with E-state index in [4.69, 9.17) is 0 Å².